The van der Waals surface area contributed by atoms with Gasteiger partial charge in [0.05, 0.1) is 4.90 Å². The fourth-order valence-electron chi connectivity index (χ4n) is 2.45. The van der Waals surface area contributed by atoms with E-state index in [4.69, 9.17) is 0 Å². The van der Waals surface area contributed by atoms with Crippen molar-refractivity contribution in [2.45, 2.75) is 30.5 Å². The number of carbonyl (C=O) groups excluding carboxylic acids is 1. The van der Waals surface area contributed by atoms with E-state index in [1.807, 2.05) is 0 Å². The SMILES string of the molecule is CN(CCCC(=O)NCc1ccnc(OCC(F)(F)F)c1)S(=O)(=O)c1ccc(F)cc1. The minimum absolute atomic E-state index is 0.0335. The van der Waals surface area contributed by atoms with Gasteiger partial charge in [-0.15, -0.1) is 0 Å². The van der Waals surface area contributed by atoms with Crippen molar-refractivity contribution < 1.29 is 35.5 Å². The number of benzene rings is 1. The number of ether oxygens (including phenoxy) is 1. The van der Waals surface area contributed by atoms with E-state index in [1.165, 1.54) is 25.4 Å². The van der Waals surface area contributed by atoms with Crippen molar-refractivity contribution in [1.29, 1.82) is 0 Å². The van der Waals surface area contributed by atoms with Crippen LogP contribution in [-0.2, 0) is 21.4 Å². The molecule has 0 saturated heterocycles. The number of halogens is 4. The molecule has 0 radical (unpaired) electrons. The molecular formula is C19H21F4N3O4S. The number of amides is 1. The molecule has 0 aliphatic carbocycles. The molecule has 31 heavy (non-hydrogen) atoms. The van der Waals surface area contributed by atoms with Crippen molar-refractivity contribution >= 4 is 15.9 Å². The van der Waals surface area contributed by atoms with Crippen molar-refractivity contribution in [3.05, 3.63) is 54.0 Å². The van der Waals surface area contributed by atoms with E-state index in [9.17, 15) is 30.8 Å². The molecular weight excluding hydrogens is 442 g/mol. The second-order valence-corrected chi connectivity index (χ2v) is 8.61. The smallest absolute Gasteiger partial charge is 0.422 e. The number of hydrogen-bond donors (Lipinski definition) is 1. The topological polar surface area (TPSA) is 88.6 Å². The average molecular weight is 463 g/mol. The number of sulfonamides is 1. The van der Waals surface area contributed by atoms with E-state index in [1.54, 1.807) is 0 Å². The lowest BCUT2D eigenvalue weighted by molar-refractivity contribution is -0.154. The lowest BCUT2D eigenvalue weighted by atomic mass is 10.2. The summed E-state index contributed by atoms with van der Waals surface area (Å²) in [5, 5.41) is 2.59. The van der Waals surface area contributed by atoms with E-state index in [0.717, 1.165) is 28.6 Å². The predicted octanol–water partition coefficient (Wildman–Crippen LogP) is 2.88. The average Bonchev–Trinajstić information content (AvgIpc) is 2.71. The van der Waals surface area contributed by atoms with Gasteiger partial charge in [0.1, 0.15) is 5.82 Å². The normalized spacial score (nSPS) is 12.1. The minimum Gasteiger partial charge on any atom is -0.468 e. The molecule has 0 fully saturated rings. The van der Waals surface area contributed by atoms with Gasteiger partial charge in [-0.1, -0.05) is 0 Å². The number of hydrogen-bond acceptors (Lipinski definition) is 5. The summed E-state index contributed by atoms with van der Waals surface area (Å²) < 4.78 is 79.9. The van der Waals surface area contributed by atoms with Crippen LogP contribution >= 0.6 is 0 Å². The van der Waals surface area contributed by atoms with E-state index >= 15 is 0 Å². The van der Waals surface area contributed by atoms with Gasteiger partial charge in [-0.3, -0.25) is 4.79 Å². The molecule has 2 aromatic rings. The summed E-state index contributed by atoms with van der Waals surface area (Å²) >= 11 is 0. The van der Waals surface area contributed by atoms with Crippen molar-refractivity contribution in [2.75, 3.05) is 20.2 Å². The number of aromatic nitrogens is 1. The molecule has 0 unspecified atom stereocenters. The van der Waals surface area contributed by atoms with Crippen LogP contribution in [0.5, 0.6) is 5.88 Å². The van der Waals surface area contributed by atoms with Gasteiger partial charge in [-0.2, -0.15) is 13.2 Å². The first-order valence-corrected chi connectivity index (χ1v) is 10.5. The maximum atomic E-state index is 13.0. The van der Waals surface area contributed by atoms with Crippen LogP contribution in [0, 0.1) is 5.82 Å². The van der Waals surface area contributed by atoms with Crippen LogP contribution in [0.2, 0.25) is 0 Å². The highest BCUT2D eigenvalue weighted by Crippen LogP contribution is 2.18. The Balaban J connectivity index is 1.77. The van der Waals surface area contributed by atoms with Crippen LogP contribution in [0.15, 0.2) is 47.5 Å². The Morgan fingerprint density at radius 3 is 2.52 bits per heavy atom. The first kappa shape index (κ1) is 24.5. The molecule has 0 aliphatic heterocycles. The second kappa shape index (κ2) is 10.5. The molecule has 1 aromatic heterocycles. The van der Waals surface area contributed by atoms with Crippen LogP contribution in [0.1, 0.15) is 18.4 Å². The van der Waals surface area contributed by atoms with Crippen LogP contribution in [0.3, 0.4) is 0 Å². The maximum Gasteiger partial charge on any atom is 0.422 e. The Labute approximate surface area is 177 Å². The first-order valence-electron chi connectivity index (χ1n) is 9.10. The number of pyridine rings is 1. The van der Waals surface area contributed by atoms with Crippen molar-refractivity contribution in [3.63, 3.8) is 0 Å². The number of rotatable bonds is 10. The van der Waals surface area contributed by atoms with Crippen LogP contribution in [0.4, 0.5) is 17.6 Å². The van der Waals surface area contributed by atoms with Gasteiger partial charge in [0.25, 0.3) is 0 Å². The molecule has 1 N–H and O–H groups in total. The van der Waals surface area contributed by atoms with Crippen LogP contribution in [0.25, 0.3) is 0 Å². The Hall–Kier alpha value is -2.73. The summed E-state index contributed by atoms with van der Waals surface area (Å²) in [7, 11) is -2.44. The zero-order valence-corrected chi connectivity index (χ0v) is 17.3. The molecule has 0 spiro atoms. The number of carbonyl (C=O) groups is 1. The van der Waals surface area contributed by atoms with Gasteiger partial charge in [-0.25, -0.2) is 22.1 Å². The molecule has 7 nitrogen and oxygen atoms in total. The van der Waals surface area contributed by atoms with Crippen molar-refractivity contribution in [3.8, 4) is 5.88 Å². The summed E-state index contributed by atoms with van der Waals surface area (Å²) in [5.41, 5.74) is 0.497. The van der Waals surface area contributed by atoms with E-state index in [-0.39, 0.29) is 42.6 Å². The Morgan fingerprint density at radius 2 is 1.87 bits per heavy atom. The standard InChI is InChI=1S/C19H21F4N3O4S/c1-26(31(28,29)16-6-4-15(20)5-7-16)10-2-3-17(27)25-12-14-8-9-24-18(11-14)30-13-19(21,22)23/h4-9,11H,2-3,10,12-13H2,1H3,(H,25,27). The van der Waals surface area contributed by atoms with Crippen molar-refractivity contribution in [1.82, 2.24) is 14.6 Å². The van der Waals surface area contributed by atoms with Gasteiger partial charge in [-0.05, 0) is 42.3 Å². The molecule has 0 aliphatic rings. The fraction of sp³-hybridized carbons (Fsp3) is 0.368. The summed E-state index contributed by atoms with van der Waals surface area (Å²) in [6.45, 7) is -1.35. The highest BCUT2D eigenvalue weighted by molar-refractivity contribution is 7.89. The zero-order chi connectivity index (χ0) is 23.1. The summed E-state index contributed by atoms with van der Waals surface area (Å²) in [6.07, 6.45) is -2.95. The monoisotopic (exact) mass is 463 g/mol. The number of nitrogens with one attached hydrogen (secondary N) is 1. The second-order valence-electron chi connectivity index (χ2n) is 6.57. The largest absolute Gasteiger partial charge is 0.468 e. The Kier molecular flexibility index (Phi) is 8.34. The molecule has 0 bridgehead atoms. The molecule has 1 amide bonds. The van der Waals surface area contributed by atoms with Crippen LogP contribution in [-0.4, -0.2) is 50.0 Å². The third kappa shape index (κ3) is 8.13. The first-order chi connectivity index (χ1) is 14.5. The Bertz CT molecular complexity index is 982. The molecule has 1 heterocycles. The van der Waals surface area contributed by atoms with Gasteiger partial charge < -0.3 is 10.1 Å². The molecule has 12 heteroatoms. The molecule has 170 valence electrons. The van der Waals surface area contributed by atoms with E-state index in [0.29, 0.717) is 5.56 Å². The van der Waals surface area contributed by atoms with Gasteiger partial charge in [0.15, 0.2) is 6.61 Å². The van der Waals surface area contributed by atoms with Crippen LogP contribution < -0.4 is 10.1 Å². The molecule has 1 aromatic carbocycles. The fourth-order valence-corrected chi connectivity index (χ4v) is 3.66. The quantitative estimate of drug-likeness (QED) is 0.548. The van der Waals surface area contributed by atoms with E-state index < -0.39 is 28.6 Å². The zero-order valence-electron chi connectivity index (χ0n) is 16.5. The summed E-state index contributed by atoms with van der Waals surface area (Å²) in [4.78, 5) is 15.6. The number of nitrogens with zero attached hydrogens (tertiary/aromatic N) is 2. The van der Waals surface area contributed by atoms with Gasteiger partial charge >= 0.3 is 6.18 Å². The number of alkyl halides is 3. The maximum absolute atomic E-state index is 13.0. The highest BCUT2D eigenvalue weighted by atomic mass is 32.2. The van der Waals surface area contributed by atoms with Crippen molar-refractivity contribution in [2.24, 2.45) is 0 Å². The lowest BCUT2D eigenvalue weighted by Gasteiger charge is -2.17. The minimum atomic E-state index is -4.48. The third-order valence-corrected chi connectivity index (χ3v) is 5.94. The molecule has 2 rings (SSSR count). The molecule has 0 saturated carbocycles. The Morgan fingerprint density at radius 1 is 1.19 bits per heavy atom. The van der Waals surface area contributed by atoms with Gasteiger partial charge in [0.2, 0.25) is 21.8 Å². The lowest BCUT2D eigenvalue weighted by Crippen LogP contribution is -2.29. The summed E-state index contributed by atoms with van der Waals surface area (Å²) in [5.74, 6) is -1.12. The van der Waals surface area contributed by atoms with E-state index in [2.05, 4.69) is 15.0 Å². The third-order valence-electron chi connectivity index (χ3n) is 4.07. The summed E-state index contributed by atoms with van der Waals surface area (Å²) in [6, 6.07) is 7.23. The highest BCUT2D eigenvalue weighted by Gasteiger charge is 2.28. The predicted molar refractivity (Wildman–Crippen MR) is 103 cm³/mol. The van der Waals surface area contributed by atoms with Gasteiger partial charge in [0, 0.05) is 38.8 Å². The molecule has 0 atom stereocenters.